The van der Waals surface area contributed by atoms with Crippen LogP contribution >= 0.6 is 11.8 Å². The molecule has 3 heterocycles. The predicted molar refractivity (Wildman–Crippen MR) is 127 cm³/mol. The molecule has 6 nitrogen and oxygen atoms in total. The molecule has 0 spiro atoms. The van der Waals surface area contributed by atoms with Crippen molar-refractivity contribution < 1.29 is 4.39 Å². The molecule has 0 atom stereocenters. The maximum absolute atomic E-state index is 14.5. The summed E-state index contributed by atoms with van der Waals surface area (Å²) in [6.07, 6.45) is 1.71. The van der Waals surface area contributed by atoms with Gasteiger partial charge in [-0.15, -0.1) is 10.2 Å². The molecule has 0 amide bonds. The van der Waals surface area contributed by atoms with E-state index in [2.05, 4.69) is 15.2 Å². The Kier molecular flexibility index (Phi) is 5.75. The second kappa shape index (κ2) is 8.99. The van der Waals surface area contributed by atoms with E-state index in [1.165, 1.54) is 28.3 Å². The number of thioether (sulfide) groups is 1. The lowest BCUT2D eigenvalue weighted by Crippen LogP contribution is -2.15. The molecular formula is C25H20FN5OS. The Morgan fingerprint density at radius 3 is 2.58 bits per heavy atom. The highest BCUT2D eigenvalue weighted by Gasteiger charge is 2.18. The normalized spacial score (nSPS) is 11.2. The van der Waals surface area contributed by atoms with E-state index in [1.807, 2.05) is 54.0 Å². The zero-order valence-electron chi connectivity index (χ0n) is 17.9. The van der Waals surface area contributed by atoms with Gasteiger partial charge in [-0.25, -0.2) is 9.37 Å². The molecule has 5 aromatic rings. The number of benzene rings is 2. The SMILES string of the molecule is Cc1cccn2c(=O)cc(CSc3nnc(-c4ccccc4F)n3Cc3ccccc3)nc12. The van der Waals surface area contributed by atoms with Gasteiger partial charge >= 0.3 is 0 Å². The van der Waals surface area contributed by atoms with Gasteiger partial charge in [-0.1, -0.05) is 60.3 Å². The first-order valence-corrected chi connectivity index (χ1v) is 11.4. The molecule has 2 aromatic carbocycles. The minimum absolute atomic E-state index is 0.128. The molecule has 5 rings (SSSR count). The molecule has 164 valence electrons. The van der Waals surface area contributed by atoms with Crippen molar-refractivity contribution in [3.8, 4) is 11.4 Å². The zero-order chi connectivity index (χ0) is 22.8. The molecule has 0 aliphatic heterocycles. The third kappa shape index (κ3) is 4.29. The van der Waals surface area contributed by atoms with Crippen molar-refractivity contribution in [1.82, 2.24) is 24.1 Å². The summed E-state index contributed by atoms with van der Waals surface area (Å²) in [6.45, 7) is 2.42. The number of aryl methyl sites for hydroxylation is 1. The summed E-state index contributed by atoms with van der Waals surface area (Å²) in [7, 11) is 0. The summed E-state index contributed by atoms with van der Waals surface area (Å²) in [6, 6.07) is 21.7. The summed E-state index contributed by atoms with van der Waals surface area (Å²) in [5, 5.41) is 9.28. The minimum atomic E-state index is -0.351. The fourth-order valence-electron chi connectivity index (χ4n) is 3.67. The van der Waals surface area contributed by atoms with Crippen molar-refractivity contribution in [2.24, 2.45) is 0 Å². The second-order valence-corrected chi connectivity index (χ2v) is 8.56. The Morgan fingerprint density at radius 2 is 1.76 bits per heavy atom. The number of hydrogen-bond acceptors (Lipinski definition) is 5. The molecule has 33 heavy (non-hydrogen) atoms. The lowest BCUT2D eigenvalue weighted by Gasteiger charge is -2.11. The first-order chi connectivity index (χ1) is 16.1. The van der Waals surface area contributed by atoms with Crippen molar-refractivity contribution in [1.29, 1.82) is 0 Å². The van der Waals surface area contributed by atoms with E-state index >= 15 is 0 Å². The van der Waals surface area contributed by atoms with Gasteiger partial charge in [0.1, 0.15) is 11.5 Å². The molecule has 0 radical (unpaired) electrons. The molecule has 0 aliphatic rings. The quantitative estimate of drug-likeness (QED) is 0.345. The molecule has 3 aromatic heterocycles. The van der Waals surface area contributed by atoms with Crippen LogP contribution in [0.5, 0.6) is 0 Å². The molecule has 0 N–H and O–H groups in total. The monoisotopic (exact) mass is 457 g/mol. The number of nitrogens with zero attached hydrogens (tertiary/aromatic N) is 5. The Morgan fingerprint density at radius 1 is 0.970 bits per heavy atom. The fourth-order valence-corrected chi connectivity index (χ4v) is 4.50. The number of rotatable bonds is 6. The summed E-state index contributed by atoms with van der Waals surface area (Å²) in [5.41, 5.74) is 3.53. The molecule has 8 heteroatoms. The summed E-state index contributed by atoms with van der Waals surface area (Å²) in [4.78, 5) is 17.2. The Bertz CT molecular complexity index is 1500. The van der Waals surface area contributed by atoms with Crippen LogP contribution in [0.25, 0.3) is 17.0 Å². The van der Waals surface area contributed by atoms with Crippen molar-refractivity contribution in [2.75, 3.05) is 0 Å². The number of aromatic nitrogens is 5. The topological polar surface area (TPSA) is 65.1 Å². The third-order valence-corrected chi connectivity index (χ3v) is 6.30. The summed E-state index contributed by atoms with van der Waals surface area (Å²) >= 11 is 1.42. The van der Waals surface area contributed by atoms with Gasteiger partial charge in [-0.3, -0.25) is 13.8 Å². The van der Waals surface area contributed by atoms with Crippen molar-refractivity contribution in [3.05, 3.63) is 112 Å². The third-order valence-electron chi connectivity index (χ3n) is 5.30. The van der Waals surface area contributed by atoms with E-state index in [-0.39, 0.29) is 11.4 Å². The first-order valence-electron chi connectivity index (χ1n) is 10.4. The highest BCUT2D eigenvalue weighted by atomic mass is 32.2. The summed E-state index contributed by atoms with van der Waals surface area (Å²) < 4.78 is 18.0. The van der Waals surface area contributed by atoms with Crippen LogP contribution in [0.2, 0.25) is 0 Å². The molecule has 0 aliphatic carbocycles. The van der Waals surface area contributed by atoms with E-state index in [9.17, 15) is 9.18 Å². The molecule has 0 fully saturated rings. The van der Waals surface area contributed by atoms with E-state index in [4.69, 9.17) is 0 Å². The molecule has 0 saturated carbocycles. The predicted octanol–water partition coefficient (Wildman–Crippen LogP) is 4.74. The van der Waals surface area contributed by atoms with Gasteiger partial charge in [-0.2, -0.15) is 0 Å². The minimum Gasteiger partial charge on any atom is -0.297 e. The van der Waals surface area contributed by atoms with E-state index in [0.717, 1.165) is 11.1 Å². The maximum atomic E-state index is 14.5. The average Bonchev–Trinajstić information content (AvgIpc) is 3.21. The average molecular weight is 458 g/mol. The number of hydrogen-bond donors (Lipinski definition) is 0. The van der Waals surface area contributed by atoms with Gasteiger partial charge in [0.2, 0.25) is 0 Å². The van der Waals surface area contributed by atoms with Crippen molar-refractivity contribution in [2.45, 2.75) is 24.4 Å². The molecule has 0 unspecified atom stereocenters. The maximum Gasteiger partial charge on any atom is 0.258 e. The first kappa shape index (κ1) is 21.1. The highest BCUT2D eigenvalue weighted by molar-refractivity contribution is 7.98. The number of fused-ring (bicyclic) bond motifs is 1. The lowest BCUT2D eigenvalue weighted by molar-refractivity contribution is 0.626. The van der Waals surface area contributed by atoms with Crippen molar-refractivity contribution >= 4 is 17.4 Å². The molecular weight excluding hydrogens is 437 g/mol. The van der Waals surface area contributed by atoms with Crippen molar-refractivity contribution in [3.63, 3.8) is 0 Å². The Hall–Kier alpha value is -3.78. The van der Waals surface area contributed by atoms with Gasteiger partial charge in [0.15, 0.2) is 11.0 Å². The van der Waals surface area contributed by atoms with E-state index < -0.39 is 0 Å². The Labute approximate surface area is 193 Å². The zero-order valence-corrected chi connectivity index (χ0v) is 18.7. The number of halogens is 1. The smallest absolute Gasteiger partial charge is 0.258 e. The van der Waals surface area contributed by atoms with Gasteiger partial charge in [-0.05, 0) is 36.2 Å². The van der Waals surface area contributed by atoms with Crippen LogP contribution < -0.4 is 5.56 Å². The van der Waals surface area contributed by atoms with Crippen LogP contribution in [0.4, 0.5) is 4.39 Å². The van der Waals surface area contributed by atoms with E-state index in [0.29, 0.717) is 40.2 Å². The van der Waals surface area contributed by atoms with Crippen LogP contribution in [0.15, 0.2) is 88.9 Å². The molecule has 0 saturated heterocycles. The second-order valence-electron chi connectivity index (χ2n) is 7.62. The van der Waals surface area contributed by atoms with Crippen LogP contribution in [-0.2, 0) is 12.3 Å². The van der Waals surface area contributed by atoms with E-state index in [1.54, 1.807) is 24.4 Å². The van der Waals surface area contributed by atoms with Crippen LogP contribution in [0.3, 0.4) is 0 Å². The standard InChI is InChI=1S/C25H20FN5OS/c1-17-8-7-13-30-22(32)14-19(27-23(17)30)16-33-25-29-28-24(20-11-5-6-12-21(20)26)31(25)15-18-9-3-2-4-10-18/h2-14H,15-16H2,1H3. The summed E-state index contributed by atoms with van der Waals surface area (Å²) in [5.74, 6) is 0.543. The highest BCUT2D eigenvalue weighted by Crippen LogP contribution is 2.28. The number of pyridine rings is 1. The molecule has 0 bridgehead atoms. The van der Waals surface area contributed by atoms with Gasteiger partial charge < -0.3 is 0 Å². The van der Waals surface area contributed by atoms with Gasteiger partial charge in [0, 0.05) is 18.0 Å². The van der Waals surface area contributed by atoms with Crippen LogP contribution in [0, 0.1) is 12.7 Å². The fraction of sp³-hybridized carbons (Fsp3) is 0.120. The van der Waals surface area contributed by atoms with Crippen LogP contribution in [0.1, 0.15) is 16.8 Å². The lowest BCUT2D eigenvalue weighted by atomic mass is 10.2. The van der Waals surface area contributed by atoms with Gasteiger partial charge in [0.05, 0.1) is 17.8 Å². The van der Waals surface area contributed by atoms with Gasteiger partial charge in [0.25, 0.3) is 5.56 Å². The van der Waals surface area contributed by atoms with Crippen LogP contribution in [-0.4, -0.2) is 24.1 Å². The largest absolute Gasteiger partial charge is 0.297 e. The Balaban J connectivity index is 1.51.